The van der Waals surface area contributed by atoms with Crippen LogP contribution in [0.25, 0.3) is 0 Å². The average molecular weight is 333 g/mol. The van der Waals surface area contributed by atoms with Gasteiger partial charge in [-0.25, -0.2) is 0 Å². The molecule has 0 saturated heterocycles. The number of rotatable bonds is 6. The molecule has 110 valence electrons. The Bertz CT molecular complexity index is 595. The third-order valence-electron chi connectivity index (χ3n) is 2.72. The summed E-state index contributed by atoms with van der Waals surface area (Å²) in [5, 5.41) is 7.73. The first-order valence-electron chi connectivity index (χ1n) is 6.39. The number of hydrogen-bond donors (Lipinski definition) is 0. The Balaban J connectivity index is 2.01. The standard InChI is InChI=1S/C13H17ClN2O2S2/c1-8(2)6-12-15-16-13(18-12)9(3)20(17)7-10-4-5-11(14)19-10/h4-5,8-9H,6-7H2,1-3H3. The van der Waals surface area contributed by atoms with Crippen LogP contribution in [0.2, 0.25) is 4.34 Å². The van der Waals surface area contributed by atoms with Gasteiger partial charge in [-0.2, -0.15) is 0 Å². The number of aromatic nitrogens is 2. The molecule has 0 bridgehead atoms. The Kier molecular flexibility index (Phi) is 5.35. The largest absolute Gasteiger partial charge is 0.424 e. The fourth-order valence-electron chi connectivity index (χ4n) is 1.67. The summed E-state index contributed by atoms with van der Waals surface area (Å²) in [6.07, 6.45) is 0.743. The first-order chi connectivity index (χ1) is 9.45. The lowest BCUT2D eigenvalue weighted by molar-refractivity contribution is 0.425. The van der Waals surface area contributed by atoms with E-state index in [4.69, 9.17) is 16.0 Å². The van der Waals surface area contributed by atoms with Gasteiger partial charge in [0.05, 0.1) is 10.1 Å². The van der Waals surface area contributed by atoms with Gasteiger partial charge in [-0.15, -0.1) is 21.5 Å². The summed E-state index contributed by atoms with van der Waals surface area (Å²) >= 11 is 7.32. The number of thiophene rings is 1. The SMILES string of the molecule is CC(C)Cc1nnc(C(C)S(=O)Cc2ccc(Cl)s2)o1. The summed E-state index contributed by atoms with van der Waals surface area (Å²) in [7, 11) is -1.10. The molecule has 4 nitrogen and oxygen atoms in total. The lowest BCUT2D eigenvalue weighted by atomic mass is 10.1. The topological polar surface area (TPSA) is 56.0 Å². The van der Waals surface area contributed by atoms with Gasteiger partial charge in [0.15, 0.2) is 0 Å². The van der Waals surface area contributed by atoms with Crippen LogP contribution in [0, 0.1) is 5.92 Å². The van der Waals surface area contributed by atoms with E-state index in [0.717, 1.165) is 11.3 Å². The molecule has 0 amide bonds. The first kappa shape index (κ1) is 15.7. The molecule has 2 heterocycles. The zero-order valence-electron chi connectivity index (χ0n) is 11.6. The van der Waals surface area contributed by atoms with E-state index in [2.05, 4.69) is 24.0 Å². The van der Waals surface area contributed by atoms with E-state index in [-0.39, 0.29) is 5.25 Å². The van der Waals surface area contributed by atoms with E-state index in [1.165, 1.54) is 11.3 Å². The Morgan fingerprint density at radius 2 is 2.10 bits per heavy atom. The van der Waals surface area contributed by atoms with E-state index >= 15 is 0 Å². The monoisotopic (exact) mass is 332 g/mol. The highest BCUT2D eigenvalue weighted by molar-refractivity contribution is 7.84. The summed E-state index contributed by atoms with van der Waals surface area (Å²) < 4.78 is 18.6. The fourth-order valence-corrected chi connectivity index (χ4v) is 4.08. The van der Waals surface area contributed by atoms with Crippen LogP contribution in [0.3, 0.4) is 0 Å². The van der Waals surface area contributed by atoms with Crippen LogP contribution in [-0.4, -0.2) is 14.4 Å². The summed E-state index contributed by atoms with van der Waals surface area (Å²) in [6.45, 7) is 6.02. The van der Waals surface area contributed by atoms with Crippen molar-refractivity contribution >= 4 is 33.7 Å². The molecule has 0 N–H and O–H groups in total. The second-order valence-corrected chi connectivity index (χ2v) is 8.56. The van der Waals surface area contributed by atoms with Gasteiger partial charge in [0.2, 0.25) is 11.8 Å². The minimum atomic E-state index is -1.10. The van der Waals surface area contributed by atoms with Crippen molar-refractivity contribution in [3.05, 3.63) is 33.1 Å². The second-order valence-electron chi connectivity index (χ2n) is 5.01. The molecule has 7 heteroatoms. The third-order valence-corrected chi connectivity index (χ3v) is 5.72. The summed E-state index contributed by atoms with van der Waals surface area (Å²) in [6, 6.07) is 3.71. The molecule has 0 aliphatic heterocycles. The van der Waals surface area contributed by atoms with Gasteiger partial charge < -0.3 is 4.42 Å². The van der Waals surface area contributed by atoms with Crippen molar-refractivity contribution in [2.75, 3.05) is 0 Å². The number of halogens is 1. The van der Waals surface area contributed by atoms with Crippen molar-refractivity contribution in [1.82, 2.24) is 10.2 Å². The number of hydrogen-bond acceptors (Lipinski definition) is 5. The Morgan fingerprint density at radius 3 is 2.70 bits per heavy atom. The molecule has 20 heavy (non-hydrogen) atoms. The highest BCUT2D eigenvalue weighted by Gasteiger charge is 2.21. The first-order valence-corrected chi connectivity index (χ1v) is 8.97. The predicted molar refractivity (Wildman–Crippen MR) is 82.4 cm³/mol. The van der Waals surface area contributed by atoms with Gasteiger partial charge in [-0.05, 0) is 25.0 Å². The predicted octanol–water partition coefficient (Wildman–Crippen LogP) is 3.99. The van der Waals surface area contributed by atoms with Crippen LogP contribution in [0.15, 0.2) is 16.5 Å². The van der Waals surface area contributed by atoms with Crippen molar-refractivity contribution in [2.24, 2.45) is 5.92 Å². The molecule has 0 saturated carbocycles. The zero-order chi connectivity index (χ0) is 14.7. The zero-order valence-corrected chi connectivity index (χ0v) is 14.0. The van der Waals surface area contributed by atoms with E-state index in [9.17, 15) is 4.21 Å². The minimum absolute atomic E-state index is 0.274. The molecular formula is C13H17ClN2O2S2. The van der Waals surface area contributed by atoms with E-state index in [1.54, 1.807) is 0 Å². The molecule has 2 aromatic rings. The van der Waals surface area contributed by atoms with Crippen LogP contribution in [0.1, 0.15) is 42.7 Å². The molecule has 2 rings (SSSR count). The molecule has 2 aromatic heterocycles. The van der Waals surface area contributed by atoms with Crippen molar-refractivity contribution in [3.63, 3.8) is 0 Å². The molecule has 0 fully saturated rings. The van der Waals surface area contributed by atoms with Crippen LogP contribution >= 0.6 is 22.9 Å². The van der Waals surface area contributed by atoms with Crippen LogP contribution in [-0.2, 0) is 23.0 Å². The average Bonchev–Trinajstić information content (AvgIpc) is 2.97. The Morgan fingerprint density at radius 1 is 1.35 bits per heavy atom. The van der Waals surface area contributed by atoms with E-state index in [1.807, 2.05) is 19.1 Å². The minimum Gasteiger partial charge on any atom is -0.424 e. The Hall–Kier alpha value is -0.720. The maximum atomic E-state index is 12.3. The van der Waals surface area contributed by atoms with E-state index < -0.39 is 10.8 Å². The summed E-state index contributed by atoms with van der Waals surface area (Å²) in [5.41, 5.74) is 0. The van der Waals surface area contributed by atoms with Crippen LogP contribution < -0.4 is 0 Å². The van der Waals surface area contributed by atoms with Crippen LogP contribution in [0.5, 0.6) is 0 Å². The van der Waals surface area contributed by atoms with Gasteiger partial charge >= 0.3 is 0 Å². The molecule has 2 atom stereocenters. The summed E-state index contributed by atoms with van der Waals surface area (Å²) in [5.74, 6) is 1.97. The van der Waals surface area contributed by atoms with Gasteiger partial charge in [0, 0.05) is 22.1 Å². The molecule has 2 unspecified atom stereocenters. The Labute approximate surface area is 130 Å². The van der Waals surface area contributed by atoms with Crippen molar-refractivity contribution < 1.29 is 8.63 Å². The molecule has 0 radical (unpaired) electrons. The maximum Gasteiger partial charge on any atom is 0.231 e. The van der Waals surface area contributed by atoms with Crippen molar-refractivity contribution in [3.8, 4) is 0 Å². The molecule has 0 aliphatic rings. The van der Waals surface area contributed by atoms with Crippen LogP contribution in [0.4, 0.5) is 0 Å². The van der Waals surface area contributed by atoms with Crippen molar-refractivity contribution in [1.29, 1.82) is 0 Å². The summed E-state index contributed by atoms with van der Waals surface area (Å²) in [4.78, 5) is 1.00. The number of nitrogens with zero attached hydrogens (tertiary/aromatic N) is 2. The lowest BCUT2D eigenvalue weighted by Crippen LogP contribution is -2.05. The van der Waals surface area contributed by atoms with Gasteiger partial charge in [-0.3, -0.25) is 4.21 Å². The normalized spacial score (nSPS) is 14.7. The lowest BCUT2D eigenvalue weighted by Gasteiger charge is -2.05. The fraction of sp³-hybridized carbons (Fsp3) is 0.538. The molecule has 0 aromatic carbocycles. The molecular weight excluding hydrogens is 316 g/mol. The van der Waals surface area contributed by atoms with E-state index in [0.29, 0.717) is 27.8 Å². The highest BCUT2D eigenvalue weighted by Crippen LogP contribution is 2.26. The smallest absolute Gasteiger partial charge is 0.231 e. The highest BCUT2D eigenvalue weighted by atomic mass is 35.5. The van der Waals surface area contributed by atoms with Gasteiger partial charge in [-0.1, -0.05) is 25.4 Å². The molecule has 0 aliphatic carbocycles. The van der Waals surface area contributed by atoms with Crippen molar-refractivity contribution in [2.45, 2.75) is 38.2 Å². The van der Waals surface area contributed by atoms with Gasteiger partial charge in [0.25, 0.3) is 0 Å². The second kappa shape index (κ2) is 6.83. The maximum absolute atomic E-state index is 12.3. The quantitative estimate of drug-likeness (QED) is 0.802. The van der Waals surface area contributed by atoms with Gasteiger partial charge in [0.1, 0.15) is 5.25 Å². The molecule has 0 spiro atoms. The third kappa shape index (κ3) is 4.14.